The summed E-state index contributed by atoms with van der Waals surface area (Å²) in [5.41, 5.74) is 2.85. The highest BCUT2D eigenvalue weighted by atomic mass is 35.5. The molecule has 0 radical (unpaired) electrons. The van der Waals surface area contributed by atoms with Gasteiger partial charge in [0.15, 0.2) is 10.8 Å². The number of hydrogen-bond donors (Lipinski definition) is 0. The Labute approximate surface area is 86.4 Å². The van der Waals surface area contributed by atoms with Gasteiger partial charge in [0.25, 0.3) is 0 Å². The van der Waals surface area contributed by atoms with Crippen molar-refractivity contribution in [1.29, 1.82) is 0 Å². The molecule has 0 saturated carbocycles. The van der Waals surface area contributed by atoms with E-state index < -0.39 is 0 Å². The zero-order valence-electron chi connectivity index (χ0n) is 8.17. The largest absolute Gasteiger partial charge is 0.245 e. The zero-order chi connectivity index (χ0) is 10.3. The van der Waals surface area contributed by atoms with Crippen LogP contribution in [0.2, 0.25) is 5.15 Å². The molecule has 5 heteroatoms. The molecule has 0 saturated heterocycles. The Morgan fingerprint density at radius 2 is 1.50 bits per heavy atom. The molecular formula is C9H9ClN4. The molecule has 2 heterocycles. The molecule has 0 fully saturated rings. The SMILES string of the molecule is Cc1nc(Cl)c2nc(C)c(C)nc2n1. The first-order valence-electron chi connectivity index (χ1n) is 4.23. The van der Waals surface area contributed by atoms with Gasteiger partial charge in [0.05, 0.1) is 11.4 Å². The third-order valence-corrected chi connectivity index (χ3v) is 2.28. The van der Waals surface area contributed by atoms with Crippen molar-refractivity contribution >= 4 is 22.8 Å². The Hall–Kier alpha value is -1.29. The van der Waals surface area contributed by atoms with Gasteiger partial charge < -0.3 is 0 Å². The molecule has 0 amide bonds. The number of aromatic nitrogens is 4. The van der Waals surface area contributed by atoms with E-state index in [2.05, 4.69) is 19.9 Å². The van der Waals surface area contributed by atoms with E-state index in [1.54, 1.807) is 6.92 Å². The third kappa shape index (κ3) is 1.42. The lowest BCUT2D eigenvalue weighted by molar-refractivity contribution is 1.02. The van der Waals surface area contributed by atoms with Gasteiger partial charge in [-0.15, -0.1) is 0 Å². The number of halogens is 1. The lowest BCUT2D eigenvalue weighted by atomic mass is 10.3. The van der Waals surface area contributed by atoms with Crippen LogP contribution in [0.4, 0.5) is 0 Å². The first-order valence-corrected chi connectivity index (χ1v) is 4.61. The van der Waals surface area contributed by atoms with Crippen molar-refractivity contribution in [3.63, 3.8) is 0 Å². The van der Waals surface area contributed by atoms with Crippen molar-refractivity contribution < 1.29 is 0 Å². The second-order valence-electron chi connectivity index (χ2n) is 3.13. The van der Waals surface area contributed by atoms with Gasteiger partial charge in [-0.3, -0.25) is 0 Å². The van der Waals surface area contributed by atoms with Crippen LogP contribution in [0.15, 0.2) is 0 Å². The number of hydrogen-bond acceptors (Lipinski definition) is 4. The topological polar surface area (TPSA) is 51.6 Å². The first-order chi connectivity index (χ1) is 6.58. The quantitative estimate of drug-likeness (QED) is 0.622. The van der Waals surface area contributed by atoms with Gasteiger partial charge >= 0.3 is 0 Å². The van der Waals surface area contributed by atoms with Crippen LogP contribution in [0.3, 0.4) is 0 Å². The molecule has 0 N–H and O–H groups in total. The summed E-state index contributed by atoms with van der Waals surface area (Å²) in [6.45, 7) is 5.56. The fourth-order valence-corrected chi connectivity index (χ4v) is 1.43. The van der Waals surface area contributed by atoms with E-state index in [4.69, 9.17) is 11.6 Å². The predicted octanol–water partition coefficient (Wildman–Crippen LogP) is 2.00. The van der Waals surface area contributed by atoms with Crippen molar-refractivity contribution in [2.45, 2.75) is 20.8 Å². The minimum Gasteiger partial charge on any atom is -0.245 e. The van der Waals surface area contributed by atoms with Crippen molar-refractivity contribution in [2.24, 2.45) is 0 Å². The number of fused-ring (bicyclic) bond motifs is 1. The molecule has 0 unspecified atom stereocenters. The lowest BCUT2D eigenvalue weighted by Gasteiger charge is -2.03. The van der Waals surface area contributed by atoms with Crippen molar-refractivity contribution in [3.05, 3.63) is 22.4 Å². The van der Waals surface area contributed by atoms with Gasteiger partial charge in [-0.2, -0.15) is 0 Å². The minimum absolute atomic E-state index is 0.364. The molecule has 0 aliphatic heterocycles. The van der Waals surface area contributed by atoms with E-state index in [9.17, 15) is 0 Å². The van der Waals surface area contributed by atoms with Crippen molar-refractivity contribution in [3.8, 4) is 0 Å². The van der Waals surface area contributed by atoms with E-state index in [-0.39, 0.29) is 0 Å². The number of nitrogens with zero attached hydrogens (tertiary/aromatic N) is 4. The molecule has 0 bridgehead atoms. The highest BCUT2D eigenvalue weighted by Gasteiger charge is 2.08. The molecule has 0 aliphatic carbocycles. The first kappa shape index (κ1) is 9.27. The summed E-state index contributed by atoms with van der Waals surface area (Å²) in [5.74, 6) is 0.611. The molecule has 72 valence electrons. The Kier molecular flexibility index (Phi) is 2.07. The summed E-state index contributed by atoms with van der Waals surface area (Å²) in [6, 6.07) is 0. The van der Waals surface area contributed by atoms with Crippen molar-refractivity contribution in [2.75, 3.05) is 0 Å². The third-order valence-electron chi connectivity index (χ3n) is 2.01. The lowest BCUT2D eigenvalue weighted by Crippen LogP contribution is -1.99. The van der Waals surface area contributed by atoms with Crippen molar-refractivity contribution in [1.82, 2.24) is 19.9 Å². The summed E-state index contributed by atoms with van der Waals surface area (Å²) in [4.78, 5) is 16.8. The molecule has 0 spiro atoms. The van der Waals surface area contributed by atoms with Gasteiger partial charge in [0, 0.05) is 0 Å². The molecular weight excluding hydrogens is 200 g/mol. The van der Waals surface area contributed by atoms with Gasteiger partial charge in [0.2, 0.25) is 0 Å². The second kappa shape index (κ2) is 3.13. The highest BCUT2D eigenvalue weighted by Crippen LogP contribution is 2.17. The predicted molar refractivity (Wildman–Crippen MR) is 54.3 cm³/mol. The van der Waals surface area contributed by atoms with E-state index >= 15 is 0 Å². The summed E-state index contributed by atoms with van der Waals surface area (Å²) >= 11 is 5.93. The van der Waals surface area contributed by atoms with E-state index in [1.165, 1.54) is 0 Å². The average molecular weight is 209 g/mol. The summed E-state index contributed by atoms with van der Waals surface area (Å²) in [6.07, 6.45) is 0. The van der Waals surface area contributed by atoms with Crippen LogP contribution >= 0.6 is 11.6 Å². The van der Waals surface area contributed by atoms with Crippen LogP contribution in [-0.4, -0.2) is 19.9 Å². The normalized spacial score (nSPS) is 10.9. The van der Waals surface area contributed by atoms with E-state index in [1.807, 2.05) is 13.8 Å². The van der Waals surface area contributed by atoms with Gasteiger partial charge in [-0.25, -0.2) is 19.9 Å². The van der Waals surface area contributed by atoms with Gasteiger partial charge in [0.1, 0.15) is 11.3 Å². The number of aryl methyl sites for hydroxylation is 3. The molecule has 2 rings (SSSR count). The van der Waals surface area contributed by atoms with E-state index in [0.717, 1.165) is 11.4 Å². The monoisotopic (exact) mass is 208 g/mol. The summed E-state index contributed by atoms with van der Waals surface area (Å²) in [5, 5.41) is 0.364. The van der Waals surface area contributed by atoms with Crippen LogP contribution in [0, 0.1) is 20.8 Å². The standard InChI is InChI=1S/C9H9ClN4/c1-4-5(2)12-9-7(11-4)8(10)13-6(3)14-9/h1-3H3. The molecule has 0 atom stereocenters. The number of rotatable bonds is 0. The molecule has 4 nitrogen and oxygen atoms in total. The highest BCUT2D eigenvalue weighted by molar-refractivity contribution is 6.33. The van der Waals surface area contributed by atoms with Crippen LogP contribution in [0.25, 0.3) is 11.2 Å². The maximum absolute atomic E-state index is 5.93. The fourth-order valence-electron chi connectivity index (χ4n) is 1.18. The second-order valence-corrected chi connectivity index (χ2v) is 3.49. The van der Waals surface area contributed by atoms with Crippen LogP contribution < -0.4 is 0 Å². The Balaban J connectivity index is 2.89. The van der Waals surface area contributed by atoms with Gasteiger partial charge in [-0.05, 0) is 20.8 Å². The molecule has 0 aliphatic rings. The van der Waals surface area contributed by atoms with Crippen LogP contribution in [0.5, 0.6) is 0 Å². The maximum Gasteiger partial charge on any atom is 0.183 e. The Morgan fingerprint density at radius 3 is 2.21 bits per heavy atom. The molecule has 0 aromatic carbocycles. The molecule has 2 aromatic heterocycles. The summed E-state index contributed by atoms with van der Waals surface area (Å²) < 4.78 is 0. The maximum atomic E-state index is 5.93. The smallest absolute Gasteiger partial charge is 0.183 e. The Bertz CT molecular complexity index is 510. The fraction of sp³-hybridized carbons (Fsp3) is 0.333. The summed E-state index contributed by atoms with van der Waals surface area (Å²) in [7, 11) is 0. The van der Waals surface area contributed by atoms with E-state index in [0.29, 0.717) is 22.1 Å². The van der Waals surface area contributed by atoms with Gasteiger partial charge in [-0.1, -0.05) is 11.6 Å². The minimum atomic E-state index is 0.364. The average Bonchev–Trinajstić information content (AvgIpc) is 2.08. The van der Waals surface area contributed by atoms with Crippen LogP contribution in [0.1, 0.15) is 17.2 Å². The molecule has 14 heavy (non-hydrogen) atoms. The Morgan fingerprint density at radius 1 is 0.857 bits per heavy atom. The zero-order valence-corrected chi connectivity index (χ0v) is 8.92. The molecule has 2 aromatic rings. The van der Waals surface area contributed by atoms with Crippen LogP contribution in [-0.2, 0) is 0 Å².